The number of aromatic nitrogens is 1. The summed E-state index contributed by atoms with van der Waals surface area (Å²) in [5, 5.41) is 0. The number of halogens is 1. The quantitative estimate of drug-likeness (QED) is 0.763. The van der Waals surface area contributed by atoms with E-state index in [1.807, 2.05) is 13.0 Å². The van der Waals surface area contributed by atoms with Crippen LogP contribution in [-0.4, -0.2) is 58.9 Å². The van der Waals surface area contributed by atoms with Crippen molar-refractivity contribution >= 4 is 33.6 Å². The summed E-state index contributed by atoms with van der Waals surface area (Å²) in [6, 6.07) is 1.39. The molecule has 0 spiro atoms. The zero-order valence-electron chi connectivity index (χ0n) is 11.1. The Morgan fingerprint density at radius 2 is 2.20 bits per heavy atom. The van der Waals surface area contributed by atoms with E-state index in [2.05, 4.69) is 25.8 Å². The van der Waals surface area contributed by atoms with Crippen molar-refractivity contribution in [1.82, 2.24) is 14.8 Å². The molecule has 2 aliphatic heterocycles. The second kappa shape index (κ2) is 5.05. The van der Waals surface area contributed by atoms with Crippen LogP contribution in [0.4, 0.5) is 10.5 Å². The van der Waals surface area contributed by atoms with Crippen LogP contribution < -0.4 is 4.90 Å². The van der Waals surface area contributed by atoms with E-state index in [9.17, 15) is 9.59 Å². The van der Waals surface area contributed by atoms with Crippen molar-refractivity contribution in [2.45, 2.75) is 13.0 Å². The Bertz CT molecular complexity index is 565. The summed E-state index contributed by atoms with van der Waals surface area (Å²) < 4.78 is 0.901. The number of hydrogen-bond donors (Lipinski definition) is 0. The molecule has 7 heteroatoms. The maximum Gasteiger partial charge on any atom is 0.327 e. The van der Waals surface area contributed by atoms with Crippen LogP contribution in [-0.2, 0) is 4.79 Å². The zero-order valence-corrected chi connectivity index (χ0v) is 12.7. The lowest BCUT2D eigenvalue weighted by Gasteiger charge is -2.37. The van der Waals surface area contributed by atoms with Crippen LogP contribution in [0, 0.1) is 0 Å². The molecule has 0 radical (unpaired) electrons. The van der Waals surface area contributed by atoms with Gasteiger partial charge in [-0.25, -0.2) is 4.79 Å². The zero-order chi connectivity index (χ0) is 14.3. The number of hydrogen-bond acceptors (Lipinski definition) is 4. The van der Waals surface area contributed by atoms with Gasteiger partial charge in [0.15, 0.2) is 0 Å². The predicted octanol–water partition coefficient (Wildman–Crippen LogP) is 1.32. The highest BCUT2D eigenvalue weighted by atomic mass is 79.9. The van der Waals surface area contributed by atoms with E-state index >= 15 is 0 Å². The highest BCUT2D eigenvalue weighted by Gasteiger charge is 2.47. The summed E-state index contributed by atoms with van der Waals surface area (Å²) in [7, 11) is 0. The van der Waals surface area contributed by atoms with Crippen molar-refractivity contribution in [3.63, 3.8) is 0 Å². The van der Waals surface area contributed by atoms with Gasteiger partial charge in [0, 0.05) is 38.6 Å². The van der Waals surface area contributed by atoms with E-state index in [-0.39, 0.29) is 18.0 Å². The van der Waals surface area contributed by atoms with Crippen molar-refractivity contribution in [1.29, 1.82) is 0 Å². The molecule has 106 valence electrons. The van der Waals surface area contributed by atoms with Gasteiger partial charge in [0.1, 0.15) is 6.04 Å². The first-order valence-corrected chi connectivity index (χ1v) is 7.39. The van der Waals surface area contributed by atoms with Gasteiger partial charge < -0.3 is 9.80 Å². The molecule has 0 aromatic carbocycles. The van der Waals surface area contributed by atoms with E-state index in [1.54, 1.807) is 17.3 Å². The first-order chi connectivity index (χ1) is 9.63. The minimum Gasteiger partial charge on any atom is -0.366 e. The fourth-order valence-electron chi connectivity index (χ4n) is 2.79. The summed E-state index contributed by atoms with van der Waals surface area (Å²) in [5.74, 6) is -0.0904. The third-order valence-electron chi connectivity index (χ3n) is 3.82. The average Bonchev–Trinajstić information content (AvgIpc) is 2.70. The Morgan fingerprint density at radius 3 is 2.90 bits per heavy atom. The Morgan fingerprint density at radius 1 is 1.40 bits per heavy atom. The summed E-state index contributed by atoms with van der Waals surface area (Å²) in [6.07, 6.45) is 3.47. The van der Waals surface area contributed by atoms with Crippen molar-refractivity contribution in [2.24, 2.45) is 0 Å². The number of piperazine rings is 1. The number of rotatable bonds is 2. The molecule has 1 aromatic rings. The monoisotopic (exact) mass is 338 g/mol. The smallest absolute Gasteiger partial charge is 0.327 e. The second-order valence-corrected chi connectivity index (χ2v) is 5.70. The summed E-state index contributed by atoms with van der Waals surface area (Å²) in [6.45, 7) is 4.08. The standard InChI is InChI=1S/C13H15BrN4O2/c1-2-17-12(19)11-8-16(5-6-18(11)13(17)20)10-3-4-15-7-9(10)14/h3-4,7,11H,2,5-6,8H2,1H3. The van der Waals surface area contributed by atoms with Crippen molar-refractivity contribution in [3.05, 3.63) is 22.9 Å². The average molecular weight is 339 g/mol. The van der Waals surface area contributed by atoms with Crippen LogP contribution >= 0.6 is 15.9 Å². The number of pyridine rings is 1. The minimum atomic E-state index is -0.365. The molecule has 2 fully saturated rings. The van der Waals surface area contributed by atoms with Gasteiger partial charge in [-0.05, 0) is 28.9 Å². The fourth-order valence-corrected chi connectivity index (χ4v) is 3.29. The van der Waals surface area contributed by atoms with Crippen LogP contribution in [0.3, 0.4) is 0 Å². The first kappa shape index (κ1) is 13.4. The number of carbonyl (C=O) groups excluding carboxylic acids is 2. The SMILES string of the molecule is CCN1C(=O)C2CN(c3ccncc3Br)CCN2C1=O. The number of anilines is 1. The van der Waals surface area contributed by atoms with E-state index in [0.29, 0.717) is 19.6 Å². The molecular formula is C13H15BrN4O2. The van der Waals surface area contributed by atoms with Crippen molar-refractivity contribution in [2.75, 3.05) is 31.1 Å². The largest absolute Gasteiger partial charge is 0.366 e. The summed E-state index contributed by atoms with van der Waals surface area (Å²) >= 11 is 3.48. The van der Waals surface area contributed by atoms with Gasteiger partial charge in [0.25, 0.3) is 5.91 Å². The molecule has 0 bridgehead atoms. The lowest BCUT2D eigenvalue weighted by atomic mass is 10.1. The molecule has 0 N–H and O–H groups in total. The minimum absolute atomic E-state index is 0.0904. The van der Waals surface area contributed by atoms with E-state index in [0.717, 1.165) is 16.7 Å². The van der Waals surface area contributed by atoms with E-state index in [1.165, 1.54) is 4.90 Å². The third kappa shape index (κ3) is 1.96. The topological polar surface area (TPSA) is 56.8 Å². The summed E-state index contributed by atoms with van der Waals surface area (Å²) in [4.78, 5) is 33.5. The second-order valence-electron chi connectivity index (χ2n) is 4.85. The molecule has 20 heavy (non-hydrogen) atoms. The molecule has 2 saturated heterocycles. The van der Waals surface area contributed by atoms with Crippen LogP contribution in [0.5, 0.6) is 0 Å². The molecule has 2 aliphatic rings. The number of imide groups is 1. The highest BCUT2D eigenvalue weighted by molar-refractivity contribution is 9.10. The molecule has 6 nitrogen and oxygen atoms in total. The van der Waals surface area contributed by atoms with Crippen LogP contribution in [0.15, 0.2) is 22.9 Å². The van der Waals surface area contributed by atoms with Gasteiger partial charge in [0.05, 0.1) is 10.2 Å². The third-order valence-corrected chi connectivity index (χ3v) is 4.43. The number of nitrogens with zero attached hydrogens (tertiary/aromatic N) is 4. The predicted molar refractivity (Wildman–Crippen MR) is 77.4 cm³/mol. The van der Waals surface area contributed by atoms with Gasteiger partial charge in [0.2, 0.25) is 0 Å². The normalized spacial score (nSPS) is 22.5. The van der Waals surface area contributed by atoms with Crippen molar-refractivity contribution < 1.29 is 9.59 Å². The molecule has 1 atom stereocenters. The number of urea groups is 1. The van der Waals surface area contributed by atoms with Crippen LogP contribution in [0.1, 0.15) is 6.92 Å². The van der Waals surface area contributed by atoms with Crippen molar-refractivity contribution in [3.8, 4) is 0 Å². The maximum atomic E-state index is 12.3. The molecule has 3 rings (SSSR count). The molecule has 0 saturated carbocycles. The maximum absolute atomic E-state index is 12.3. The van der Waals surface area contributed by atoms with Gasteiger partial charge >= 0.3 is 6.03 Å². The molecule has 1 unspecified atom stereocenters. The molecule has 1 aromatic heterocycles. The molecule has 3 heterocycles. The number of carbonyl (C=O) groups is 2. The van der Waals surface area contributed by atoms with Gasteiger partial charge in [-0.2, -0.15) is 0 Å². The van der Waals surface area contributed by atoms with Gasteiger partial charge in [-0.15, -0.1) is 0 Å². The number of likely N-dealkylation sites (N-methyl/N-ethyl adjacent to an activating group) is 1. The van der Waals surface area contributed by atoms with Crippen LogP contribution in [0.2, 0.25) is 0 Å². The lowest BCUT2D eigenvalue weighted by Crippen LogP contribution is -2.53. The first-order valence-electron chi connectivity index (χ1n) is 6.60. The van der Waals surface area contributed by atoms with Gasteiger partial charge in [-0.1, -0.05) is 0 Å². The highest BCUT2D eigenvalue weighted by Crippen LogP contribution is 2.29. The number of fused-ring (bicyclic) bond motifs is 1. The van der Waals surface area contributed by atoms with E-state index in [4.69, 9.17) is 0 Å². The molecule has 0 aliphatic carbocycles. The van der Waals surface area contributed by atoms with Crippen LogP contribution in [0.25, 0.3) is 0 Å². The molecular weight excluding hydrogens is 324 g/mol. The van der Waals surface area contributed by atoms with Gasteiger partial charge in [-0.3, -0.25) is 14.7 Å². The Labute approximate surface area is 125 Å². The Kier molecular flexibility index (Phi) is 3.37. The Hall–Kier alpha value is -1.63. The molecule has 3 amide bonds. The number of amides is 3. The fraction of sp³-hybridized carbons (Fsp3) is 0.462. The Balaban J connectivity index is 1.84. The lowest BCUT2D eigenvalue weighted by molar-refractivity contribution is -0.128. The van der Waals surface area contributed by atoms with E-state index < -0.39 is 0 Å². The summed E-state index contributed by atoms with van der Waals surface area (Å²) in [5.41, 5.74) is 1.01.